The molecule has 1 aliphatic carbocycles. The monoisotopic (exact) mass is 351 g/mol. The molecule has 0 saturated heterocycles. The third-order valence-electron chi connectivity index (χ3n) is 4.65. The maximum Gasteiger partial charge on any atom is 0.191 e. The van der Waals surface area contributed by atoms with Crippen LogP contribution in [0, 0.1) is 6.92 Å². The van der Waals surface area contributed by atoms with Crippen molar-refractivity contribution < 1.29 is 0 Å². The molecule has 0 amide bonds. The lowest BCUT2D eigenvalue weighted by Gasteiger charge is -2.29. The van der Waals surface area contributed by atoms with E-state index in [1.165, 1.54) is 25.7 Å². The Bertz CT molecular complexity index is 499. The molecule has 136 valence electrons. The molecular weight excluding hydrogens is 318 g/mol. The number of aromatic nitrogens is 2. The fourth-order valence-corrected chi connectivity index (χ4v) is 4.06. The Morgan fingerprint density at radius 1 is 1.42 bits per heavy atom. The zero-order chi connectivity index (χ0) is 17.2. The van der Waals surface area contributed by atoms with Gasteiger partial charge in [-0.15, -0.1) is 0 Å². The highest BCUT2D eigenvalue weighted by molar-refractivity contribution is 7.99. The summed E-state index contributed by atoms with van der Waals surface area (Å²) < 4.78 is 2.21. The Hall–Kier alpha value is -1.17. The minimum absolute atomic E-state index is 0.572. The maximum atomic E-state index is 4.76. The maximum absolute atomic E-state index is 4.76. The van der Waals surface area contributed by atoms with Gasteiger partial charge in [-0.3, -0.25) is 4.99 Å². The highest BCUT2D eigenvalue weighted by Crippen LogP contribution is 2.26. The van der Waals surface area contributed by atoms with Gasteiger partial charge in [-0.1, -0.05) is 6.42 Å². The molecule has 1 aliphatic rings. The number of nitrogens with zero attached hydrogens (tertiary/aromatic N) is 3. The van der Waals surface area contributed by atoms with Crippen molar-refractivity contribution in [3.8, 4) is 0 Å². The number of rotatable bonds is 8. The fraction of sp³-hybridized carbons (Fsp3) is 0.778. The average molecular weight is 352 g/mol. The Kier molecular flexibility index (Phi) is 8.50. The van der Waals surface area contributed by atoms with E-state index in [9.17, 15) is 0 Å². The van der Waals surface area contributed by atoms with Crippen LogP contribution < -0.4 is 10.6 Å². The minimum atomic E-state index is 0.572. The normalized spacial score (nSPS) is 21.7. The quantitative estimate of drug-likeness (QED) is 0.429. The molecule has 0 radical (unpaired) electrons. The second-order valence-electron chi connectivity index (χ2n) is 6.50. The van der Waals surface area contributed by atoms with Crippen molar-refractivity contribution in [3.05, 3.63) is 18.2 Å². The van der Waals surface area contributed by atoms with Crippen molar-refractivity contribution in [1.29, 1.82) is 0 Å². The lowest BCUT2D eigenvalue weighted by atomic mass is 9.95. The molecule has 2 N–H and O–H groups in total. The van der Waals surface area contributed by atoms with Gasteiger partial charge in [0.25, 0.3) is 0 Å². The molecule has 2 rings (SSSR count). The van der Waals surface area contributed by atoms with Gasteiger partial charge in [0.2, 0.25) is 0 Å². The molecule has 1 heterocycles. The number of imidazole rings is 1. The molecule has 0 aromatic carbocycles. The van der Waals surface area contributed by atoms with Gasteiger partial charge in [0, 0.05) is 43.3 Å². The molecule has 6 heteroatoms. The van der Waals surface area contributed by atoms with E-state index in [0.29, 0.717) is 6.04 Å². The standard InChI is InChI=1S/C18H33N5S/c1-4-19-18(22-16-8-7-9-17(14-16)24-3)21-10-5-6-12-23-13-11-20-15(23)2/h11,13,16-17H,4-10,12,14H2,1-3H3,(H2,19,21,22). The Balaban J connectivity index is 1.72. The molecule has 5 nitrogen and oxygen atoms in total. The average Bonchev–Trinajstić information content (AvgIpc) is 3.00. The van der Waals surface area contributed by atoms with Crippen LogP contribution in [0.1, 0.15) is 51.3 Å². The number of thioether (sulfide) groups is 1. The largest absolute Gasteiger partial charge is 0.357 e. The van der Waals surface area contributed by atoms with E-state index in [0.717, 1.165) is 49.5 Å². The van der Waals surface area contributed by atoms with Crippen LogP contribution in [0.4, 0.5) is 0 Å². The molecule has 1 aromatic heterocycles. The van der Waals surface area contributed by atoms with E-state index >= 15 is 0 Å². The number of hydrogen-bond donors (Lipinski definition) is 2. The van der Waals surface area contributed by atoms with Crippen molar-refractivity contribution in [2.45, 2.75) is 70.2 Å². The number of aliphatic imine (C=N–C) groups is 1. The summed E-state index contributed by atoms with van der Waals surface area (Å²) in [6, 6.07) is 0.572. The van der Waals surface area contributed by atoms with Gasteiger partial charge in [0.1, 0.15) is 5.82 Å². The van der Waals surface area contributed by atoms with Crippen LogP contribution in [-0.4, -0.2) is 46.1 Å². The summed E-state index contributed by atoms with van der Waals surface area (Å²) in [5.41, 5.74) is 0. The lowest BCUT2D eigenvalue weighted by Crippen LogP contribution is -2.45. The summed E-state index contributed by atoms with van der Waals surface area (Å²) in [5.74, 6) is 2.08. The van der Waals surface area contributed by atoms with Crippen LogP contribution in [0.5, 0.6) is 0 Å². The number of unbranched alkanes of at least 4 members (excludes halogenated alkanes) is 1. The van der Waals surface area contributed by atoms with Gasteiger partial charge < -0.3 is 15.2 Å². The first kappa shape index (κ1) is 19.2. The van der Waals surface area contributed by atoms with Gasteiger partial charge in [-0.05, 0) is 52.2 Å². The molecule has 0 spiro atoms. The summed E-state index contributed by atoms with van der Waals surface area (Å²) in [6.45, 7) is 7.01. The number of guanidine groups is 1. The Morgan fingerprint density at radius 3 is 3.00 bits per heavy atom. The van der Waals surface area contributed by atoms with E-state index in [4.69, 9.17) is 4.99 Å². The van der Waals surface area contributed by atoms with Crippen LogP contribution in [0.2, 0.25) is 0 Å². The van der Waals surface area contributed by atoms with Crippen molar-refractivity contribution in [2.24, 2.45) is 4.99 Å². The minimum Gasteiger partial charge on any atom is -0.357 e. The van der Waals surface area contributed by atoms with Crippen LogP contribution in [0.3, 0.4) is 0 Å². The summed E-state index contributed by atoms with van der Waals surface area (Å²) in [4.78, 5) is 9.02. The smallest absolute Gasteiger partial charge is 0.191 e. The molecule has 1 saturated carbocycles. The summed E-state index contributed by atoms with van der Waals surface area (Å²) in [6.07, 6.45) is 13.6. The van der Waals surface area contributed by atoms with Crippen molar-refractivity contribution >= 4 is 17.7 Å². The van der Waals surface area contributed by atoms with Crippen LogP contribution in [0.25, 0.3) is 0 Å². The van der Waals surface area contributed by atoms with Crippen LogP contribution >= 0.6 is 11.8 Å². The second kappa shape index (κ2) is 10.6. The van der Waals surface area contributed by atoms with E-state index in [1.807, 2.05) is 18.0 Å². The SMILES string of the molecule is CCNC(=NCCCCn1ccnc1C)NC1CCCC(SC)C1. The number of nitrogens with one attached hydrogen (secondary N) is 2. The van der Waals surface area contributed by atoms with E-state index in [-0.39, 0.29) is 0 Å². The molecule has 2 unspecified atom stereocenters. The van der Waals surface area contributed by atoms with E-state index in [2.05, 4.69) is 46.5 Å². The fourth-order valence-electron chi connectivity index (χ4n) is 3.23. The van der Waals surface area contributed by atoms with Gasteiger partial charge in [-0.25, -0.2) is 4.98 Å². The Morgan fingerprint density at radius 2 is 2.29 bits per heavy atom. The highest BCUT2D eigenvalue weighted by Gasteiger charge is 2.21. The number of hydrogen-bond acceptors (Lipinski definition) is 3. The molecule has 2 atom stereocenters. The molecule has 1 aromatic rings. The predicted molar refractivity (Wildman–Crippen MR) is 105 cm³/mol. The zero-order valence-corrected chi connectivity index (χ0v) is 16.2. The summed E-state index contributed by atoms with van der Waals surface area (Å²) in [5, 5.41) is 7.84. The third-order valence-corrected chi connectivity index (χ3v) is 5.74. The number of aryl methyl sites for hydroxylation is 2. The molecular formula is C18H33N5S. The van der Waals surface area contributed by atoms with Gasteiger partial charge in [0.15, 0.2) is 5.96 Å². The second-order valence-corrected chi connectivity index (χ2v) is 7.64. The topological polar surface area (TPSA) is 54.2 Å². The van der Waals surface area contributed by atoms with Crippen LogP contribution in [-0.2, 0) is 6.54 Å². The van der Waals surface area contributed by atoms with E-state index in [1.54, 1.807) is 0 Å². The summed E-state index contributed by atoms with van der Waals surface area (Å²) in [7, 11) is 0. The van der Waals surface area contributed by atoms with Gasteiger partial charge in [0.05, 0.1) is 0 Å². The van der Waals surface area contributed by atoms with Gasteiger partial charge in [-0.2, -0.15) is 11.8 Å². The van der Waals surface area contributed by atoms with Crippen molar-refractivity contribution in [1.82, 2.24) is 20.2 Å². The van der Waals surface area contributed by atoms with Crippen molar-refractivity contribution in [2.75, 3.05) is 19.3 Å². The zero-order valence-electron chi connectivity index (χ0n) is 15.4. The first-order valence-electron chi connectivity index (χ1n) is 9.28. The highest BCUT2D eigenvalue weighted by atomic mass is 32.2. The molecule has 24 heavy (non-hydrogen) atoms. The Labute approximate surface area is 151 Å². The third kappa shape index (κ3) is 6.38. The van der Waals surface area contributed by atoms with Crippen molar-refractivity contribution in [3.63, 3.8) is 0 Å². The predicted octanol–water partition coefficient (Wildman–Crippen LogP) is 3.20. The molecule has 0 bridgehead atoms. The van der Waals surface area contributed by atoms with Gasteiger partial charge >= 0.3 is 0 Å². The van der Waals surface area contributed by atoms with E-state index < -0.39 is 0 Å². The molecule has 1 fully saturated rings. The lowest BCUT2D eigenvalue weighted by molar-refractivity contribution is 0.419. The summed E-state index contributed by atoms with van der Waals surface area (Å²) >= 11 is 2.01. The first-order valence-corrected chi connectivity index (χ1v) is 10.6. The van der Waals surface area contributed by atoms with Crippen LogP contribution in [0.15, 0.2) is 17.4 Å². The first-order chi connectivity index (χ1) is 11.7. The molecule has 0 aliphatic heterocycles.